The normalized spacial score (nSPS) is 11.2. The number of para-hydroxylation sites is 1. The zero-order valence-electron chi connectivity index (χ0n) is 14.2. The van der Waals surface area contributed by atoms with Gasteiger partial charge in [0.1, 0.15) is 11.3 Å². The summed E-state index contributed by atoms with van der Waals surface area (Å²) in [6.45, 7) is 1.33. The molecule has 3 rings (SSSR count). The highest BCUT2D eigenvalue weighted by molar-refractivity contribution is 9.11. The van der Waals surface area contributed by atoms with Crippen LogP contribution >= 0.6 is 38.6 Å². The number of hydrogen-bond donors (Lipinski definition) is 0. The van der Waals surface area contributed by atoms with Crippen LogP contribution in [-0.2, 0) is 0 Å². The molecule has 0 fully saturated rings. The van der Waals surface area contributed by atoms with Crippen LogP contribution in [0, 0.1) is 0 Å². The number of benzene rings is 1. The molecule has 0 radical (unpaired) electrons. The first-order valence-corrected chi connectivity index (χ1v) is 10.1. The SMILES string of the molecule is COc1cccc2sc(N(CCN(C)C)C(=O)c3ccc(Br)s3)nc12. The Bertz CT molecular complexity index is 891. The molecule has 0 unspecified atom stereocenters. The average molecular weight is 440 g/mol. The predicted molar refractivity (Wildman–Crippen MR) is 108 cm³/mol. The maximum atomic E-state index is 13.0. The molecular weight excluding hydrogens is 422 g/mol. The number of thiazole rings is 1. The van der Waals surface area contributed by atoms with Gasteiger partial charge < -0.3 is 9.64 Å². The number of thiophene rings is 1. The molecule has 2 heterocycles. The van der Waals surface area contributed by atoms with Crippen LogP contribution in [0.25, 0.3) is 10.2 Å². The number of rotatable bonds is 6. The summed E-state index contributed by atoms with van der Waals surface area (Å²) < 4.78 is 7.34. The fraction of sp³-hybridized carbons (Fsp3) is 0.294. The standard InChI is InChI=1S/C17H18BrN3O2S2/c1-20(2)9-10-21(16(22)13-7-8-14(18)24-13)17-19-15-11(23-3)5-4-6-12(15)25-17/h4-8H,9-10H2,1-3H3. The number of fused-ring (bicyclic) bond motifs is 1. The third kappa shape index (κ3) is 4.03. The van der Waals surface area contributed by atoms with E-state index in [2.05, 4.69) is 25.8 Å². The van der Waals surface area contributed by atoms with Crippen LogP contribution < -0.4 is 9.64 Å². The molecule has 132 valence electrons. The van der Waals surface area contributed by atoms with E-state index in [1.165, 1.54) is 22.7 Å². The molecule has 0 bridgehead atoms. The predicted octanol–water partition coefficient (Wildman–Crippen LogP) is 4.34. The highest BCUT2D eigenvalue weighted by Gasteiger charge is 2.23. The van der Waals surface area contributed by atoms with E-state index in [1.54, 1.807) is 12.0 Å². The van der Waals surface area contributed by atoms with Gasteiger partial charge in [0, 0.05) is 13.1 Å². The number of aromatic nitrogens is 1. The molecule has 25 heavy (non-hydrogen) atoms. The first kappa shape index (κ1) is 18.3. The fourth-order valence-electron chi connectivity index (χ4n) is 2.34. The average Bonchev–Trinajstić information content (AvgIpc) is 3.20. The maximum Gasteiger partial charge on any atom is 0.270 e. The Morgan fingerprint density at radius 3 is 2.64 bits per heavy atom. The summed E-state index contributed by atoms with van der Waals surface area (Å²) in [6.07, 6.45) is 0. The molecule has 0 aliphatic heterocycles. The Balaban J connectivity index is 2.00. The van der Waals surface area contributed by atoms with Crippen LogP contribution in [0.3, 0.4) is 0 Å². The Labute approximate surface area is 163 Å². The summed E-state index contributed by atoms with van der Waals surface area (Å²) in [4.78, 5) is 22.2. The van der Waals surface area contributed by atoms with Gasteiger partial charge in [-0.05, 0) is 54.3 Å². The Morgan fingerprint density at radius 2 is 2.00 bits per heavy atom. The van der Waals surface area contributed by atoms with Gasteiger partial charge in [0.25, 0.3) is 5.91 Å². The van der Waals surface area contributed by atoms with Gasteiger partial charge in [0.2, 0.25) is 0 Å². The molecule has 0 spiro atoms. The van der Waals surface area contributed by atoms with Crippen LogP contribution in [0.2, 0.25) is 0 Å². The second-order valence-electron chi connectivity index (χ2n) is 5.67. The van der Waals surface area contributed by atoms with E-state index in [0.29, 0.717) is 16.6 Å². The second-order valence-corrected chi connectivity index (χ2v) is 9.14. The molecule has 1 amide bonds. The van der Waals surface area contributed by atoms with Crippen molar-refractivity contribution in [1.82, 2.24) is 9.88 Å². The first-order valence-electron chi connectivity index (χ1n) is 7.65. The molecule has 0 aliphatic rings. The van der Waals surface area contributed by atoms with E-state index in [0.717, 1.165) is 26.3 Å². The van der Waals surface area contributed by atoms with Crippen molar-refractivity contribution in [2.24, 2.45) is 0 Å². The lowest BCUT2D eigenvalue weighted by molar-refractivity contribution is 0.0989. The van der Waals surface area contributed by atoms with E-state index in [9.17, 15) is 4.79 Å². The topological polar surface area (TPSA) is 45.7 Å². The lowest BCUT2D eigenvalue weighted by Crippen LogP contribution is -2.36. The summed E-state index contributed by atoms with van der Waals surface area (Å²) in [6, 6.07) is 9.55. The number of carbonyl (C=O) groups excluding carboxylic acids is 1. The second kappa shape index (κ2) is 7.82. The zero-order valence-corrected chi connectivity index (χ0v) is 17.4. The van der Waals surface area contributed by atoms with Gasteiger partial charge >= 0.3 is 0 Å². The van der Waals surface area contributed by atoms with Crippen molar-refractivity contribution < 1.29 is 9.53 Å². The summed E-state index contributed by atoms with van der Waals surface area (Å²) in [5, 5.41) is 0.691. The molecule has 3 aromatic rings. The Kier molecular flexibility index (Phi) is 5.73. The maximum absolute atomic E-state index is 13.0. The first-order chi connectivity index (χ1) is 12.0. The number of ether oxygens (including phenoxy) is 1. The summed E-state index contributed by atoms with van der Waals surface area (Å²) in [7, 11) is 5.61. The van der Waals surface area contributed by atoms with Crippen LogP contribution in [-0.4, -0.2) is 50.1 Å². The third-order valence-corrected chi connectivity index (χ3v) is 6.28. The van der Waals surface area contributed by atoms with E-state index in [-0.39, 0.29) is 5.91 Å². The molecule has 0 aliphatic carbocycles. The van der Waals surface area contributed by atoms with E-state index < -0.39 is 0 Å². The van der Waals surface area contributed by atoms with Crippen molar-refractivity contribution in [3.05, 3.63) is 39.0 Å². The Morgan fingerprint density at radius 1 is 1.20 bits per heavy atom. The van der Waals surface area contributed by atoms with Crippen LogP contribution in [0.5, 0.6) is 5.75 Å². The number of anilines is 1. The monoisotopic (exact) mass is 439 g/mol. The highest BCUT2D eigenvalue weighted by Crippen LogP contribution is 2.35. The fourth-order valence-corrected chi connectivity index (χ4v) is 4.68. The van der Waals surface area contributed by atoms with Crippen LogP contribution in [0.1, 0.15) is 9.67 Å². The molecular formula is C17H18BrN3O2S2. The lowest BCUT2D eigenvalue weighted by Gasteiger charge is -2.21. The van der Waals surface area contributed by atoms with Crippen molar-refractivity contribution >= 4 is 59.9 Å². The largest absolute Gasteiger partial charge is 0.494 e. The van der Waals surface area contributed by atoms with Gasteiger partial charge in [0.15, 0.2) is 5.13 Å². The highest BCUT2D eigenvalue weighted by atomic mass is 79.9. The van der Waals surface area contributed by atoms with Gasteiger partial charge in [0.05, 0.1) is 20.5 Å². The smallest absolute Gasteiger partial charge is 0.270 e. The molecule has 0 N–H and O–H groups in total. The van der Waals surface area contributed by atoms with E-state index >= 15 is 0 Å². The van der Waals surface area contributed by atoms with Gasteiger partial charge in [-0.3, -0.25) is 9.69 Å². The van der Waals surface area contributed by atoms with Crippen molar-refractivity contribution in [2.45, 2.75) is 0 Å². The molecule has 0 saturated carbocycles. The molecule has 0 saturated heterocycles. The zero-order chi connectivity index (χ0) is 18.0. The van der Waals surface area contributed by atoms with E-state index in [4.69, 9.17) is 4.74 Å². The minimum atomic E-state index is -0.0319. The minimum absolute atomic E-state index is 0.0319. The van der Waals surface area contributed by atoms with Crippen molar-refractivity contribution in [3.63, 3.8) is 0 Å². The third-order valence-electron chi connectivity index (χ3n) is 3.62. The van der Waals surface area contributed by atoms with Crippen LogP contribution in [0.4, 0.5) is 5.13 Å². The van der Waals surface area contributed by atoms with Gasteiger partial charge in [-0.15, -0.1) is 11.3 Å². The number of hydrogen-bond acceptors (Lipinski definition) is 6. The van der Waals surface area contributed by atoms with Gasteiger partial charge in [-0.2, -0.15) is 0 Å². The lowest BCUT2D eigenvalue weighted by atomic mass is 10.3. The number of likely N-dealkylation sites (N-methyl/N-ethyl adjacent to an activating group) is 1. The summed E-state index contributed by atoms with van der Waals surface area (Å²) >= 11 is 6.36. The number of amides is 1. The van der Waals surface area contributed by atoms with Crippen molar-refractivity contribution in [1.29, 1.82) is 0 Å². The van der Waals surface area contributed by atoms with Crippen LogP contribution in [0.15, 0.2) is 34.1 Å². The summed E-state index contributed by atoms with van der Waals surface area (Å²) in [5.41, 5.74) is 0.792. The molecule has 0 atom stereocenters. The molecule has 2 aromatic heterocycles. The van der Waals surface area contributed by atoms with Crippen molar-refractivity contribution in [2.75, 3.05) is 39.2 Å². The number of carbonyl (C=O) groups is 1. The molecule has 8 heteroatoms. The minimum Gasteiger partial charge on any atom is -0.494 e. The van der Waals surface area contributed by atoms with Gasteiger partial charge in [-0.1, -0.05) is 17.4 Å². The van der Waals surface area contributed by atoms with Crippen molar-refractivity contribution in [3.8, 4) is 5.75 Å². The Hall–Kier alpha value is -1.48. The summed E-state index contributed by atoms with van der Waals surface area (Å²) in [5.74, 6) is 0.689. The van der Waals surface area contributed by atoms with Gasteiger partial charge in [-0.25, -0.2) is 4.98 Å². The molecule has 5 nitrogen and oxygen atoms in total. The quantitative estimate of drug-likeness (QED) is 0.572. The van der Waals surface area contributed by atoms with E-state index in [1.807, 2.05) is 44.4 Å². The molecule has 1 aromatic carbocycles. The number of nitrogens with zero attached hydrogens (tertiary/aromatic N) is 3. The number of halogens is 1. The number of methoxy groups -OCH3 is 1.